The van der Waals surface area contributed by atoms with Crippen LogP contribution >= 0.6 is 47.0 Å². The van der Waals surface area contributed by atoms with Gasteiger partial charge in [0.15, 0.2) is 0 Å². The van der Waals surface area contributed by atoms with Crippen molar-refractivity contribution in [2.75, 3.05) is 39.2 Å². The predicted molar refractivity (Wildman–Crippen MR) is 92.1 cm³/mol. The highest BCUT2D eigenvalue weighted by Gasteiger charge is 2.29. The van der Waals surface area contributed by atoms with Crippen LogP contribution < -0.4 is 0 Å². The molecule has 0 rings (SSSR count). The summed E-state index contributed by atoms with van der Waals surface area (Å²) in [6.07, 6.45) is 7.39. The molecule has 0 aromatic rings. The van der Waals surface area contributed by atoms with E-state index in [1.54, 1.807) is 0 Å². The Hall–Kier alpha value is -0.180. The summed E-state index contributed by atoms with van der Waals surface area (Å²) in [7, 11) is 2.60. The fourth-order valence-electron chi connectivity index (χ4n) is 1.35. The van der Waals surface area contributed by atoms with Crippen LogP contribution in [0.4, 0.5) is 0 Å². The van der Waals surface area contributed by atoms with Crippen molar-refractivity contribution in [1.82, 2.24) is 0 Å². The Bertz CT molecular complexity index is 377. The van der Waals surface area contributed by atoms with E-state index in [1.165, 1.54) is 61.3 Å². The summed E-state index contributed by atoms with van der Waals surface area (Å²) < 4.78 is 11.1. The van der Waals surface area contributed by atoms with E-state index in [-0.39, 0.29) is 11.1 Å². The molecule has 0 unspecified atom stereocenters. The van der Waals surface area contributed by atoms with E-state index in [0.717, 1.165) is 8.47 Å². The Labute approximate surface area is 136 Å². The third kappa shape index (κ3) is 4.98. The Kier molecular flexibility index (Phi) is 10.4. The predicted octanol–water partition coefficient (Wildman–Crippen LogP) is 3.21. The molecule has 0 saturated carbocycles. The van der Waals surface area contributed by atoms with Gasteiger partial charge in [-0.1, -0.05) is 0 Å². The molecule has 0 radical (unpaired) electrons. The molecule has 8 heteroatoms. The Balaban J connectivity index is 6.32. The number of hydrogen-bond donors (Lipinski definition) is 0. The standard InChI is InChI=1S/C12H18O4S4/c1-15-9(13)7(11(17-3)18-4)8(10(14)16-2)12(19-5)20-6/h1-6H3. The molecular formula is C12H18O4S4. The van der Waals surface area contributed by atoms with E-state index in [0.29, 0.717) is 0 Å². The van der Waals surface area contributed by atoms with Crippen molar-refractivity contribution in [2.45, 2.75) is 0 Å². The lowest BCUT2D eigenvalue weighted by atomic mass is 10.1. The molecule has 0 heterocycles. The van der Waals surface area contributed by atoms with E-state index in [4.69, 9.17) is 9.47 Å². The van der Waals surface area contributed by atoms with E-state index in [1.807, 2.05) is 25.0 Å². The Morgan fingerprint density at radius 1 is 0.650 bits per heavy atom. The molecule has 0 atom stereocenters. The zero-order valence-corrected chi connectivity index (χ0v) is 15.5. The Morgan fingerprint density at radius 3 is 1.05 bits per heavy atom. The smallest absolute Gasteiger partial charge is 0.340 e. The van der Waals surface area contributed by atoms with Gasteiger partial charge in [0, 0.05) is 0 Å². The summed E-state index contributed by atoms with van der Waals surface area (Å²) in [6.45, 7) is 0. The van der Waals surface area contributed by atoms with Crippen molar-refractivity contribution in [3.8, 4) is 0 Å². The fourth-order valence-corrected chi connectivity index (χ4v) is 4.25. The minimum atomic E-state index is -0.537. The second-order valence-electron chi connectivity index (χ2n) is 3.12. The average Bonchev–Trinajstić information content (AvgIpc) is 2.49. The minimum absolute atomic E-state index is 0.262. The van der Waals surface area contributed by atoms with Gasteiger partial charge in [0.1, 0.15) is 0 Å². The third-order valence-electron chi connectivity index (χ3n) is 2.18. The molecule has 0 aliphatic heterocycles. The van der Waals surface area contributed by atoms with E-state index < -0.39 is 11.9 Å². The van der Waals surface area contributed by atoms with Gasteiger partial charge in [0.05, 0.1) is 33.8 Å². The van der Waals surface area contributed by atoms with Crippen LogP contribution in [-0.4, -0.2) is 51.2 Å². The average molecular weight is 355 g/mol. The highest BCUT2D eigenvalue weighted by atomic mass is 32.2. The highest BCUT2D eigenvalue weighted by Crippen LogP contribution is 2.38. The molecule has 0 aliphatic rings. The number of carbonyl (C=O) groups excluding carboxylic acids is 2. The molecule has 0 N–H and O–H groups in total. The second-order valence-corrected chi connectivity index (χ2v) is 6.91. The zero-order chi connectivity index (χ0) is 15.7. The molecule has 114 valence electrons. The van der Waals surface area contributed by atoms with Gasteiger partial charge in [-0.25, -0.2) is 9.59 Å². The molecule has 0 spiro atoms. The van der Waals surface area contributed by atoms with Crippen molar-refractivity contribution < 1.29 is 19.1 Å². The number of thioether (sulfide) groups is 4. The number of ether oxygens (including phenoxy) is 2. The van der Waals surface area contributed by atoms with Crippen LogP contribution in [-0.2, 0) is 19.1 Å². The van der Waals surface area contributed by atoms with Crippen LogP contribution in [0.15, 0.2) is 19.6 Å². The SMILES string of the molecule is COC(=O)C(=C(SC)SC)C(C(=O)OC)=C(SC)SC. The number of methoxy groups -OCH3 is 2. The number of carbonyl (C=O) groups is 2. The molecule has 0 aliphatic carbocycles. The zero-order valence-electron chi connectivity index (χ0n) is 12.3. The molecule has 0 aromatic carbocycles. The van der Waals surface area contributed by atoms with Crippen LogP contribution in [0.1, 0.15) is 0 Å². The molecule has 20 heavy (non-hydrogen) atoms. The molecule has 0 bridgehead atoms. The quantitative estimate of drug-likeness (QED) is 0.392. The topological polar surface area (TPSA) is 52.6 Å². The lowest BCUT2D eigenvalue weighted by Crippen LogP contribution is -2.17. The number of rotatable bonds is 7. The first-order chi connectivity index (χ1) is 9.51. The van der Waals surface area contributed by atoms with Crippen molar-refractivity contribution in [3.05, 3.63) is 19.6 Å². The lowest BCUT2D eigenvalue weighted by molar-refractivity contribution is -0.139. The molecule has 0 amide bonds. The van der Waals surface area contributed by atoms with Gasteiger partial charge >= 0.3 is 11.9 Å². The van der Waals surface area contributed by atoms with E-state index >= 15 is 0 Å². The van der Waals surface area contributed by atoms with Gasteiger partial charge in [-0.2, -0.15) is 0 Å². The van der Waals surface area contributed by atoms with E-state index in [2.05, 4.69) is 0 Å². The fraction of sp³-hybridized carbons (Fsp3) is 0.500. The largest absolute Gasteiger partial charge is 0.465 e. The van der Waals surface area contributed by atoms with Crippen molar-refractivity contribution in [1.29, 1.82) is 0 Å². The van der Waals surface area contributed by atoms with Crippen LogP contribution in [0, 0.1) is 0 Å². The minimum Gasteiger partial charge on any atom is -0.465 e. The molecule has 0 fully saturated rings. The van der Waals surface area contributed by atoms with Crippen LogP contribution in [0.2, 0.25) is 0 Å². The number of esters is 2. The van der Waals surface area contributed by atoms with Gasteiger partial charge in [0.2, 0.25) is 0 Å². The summed E-state index contributed by atoms with van der Waals surface area (Å²) in [4.78, 5) is 24.2. The van der Waals surface area contributed by atoms with E-state index in [9.17, 15) is 9.59 Å². The van der Waals surface area contributed by atoms with Crippen LogP contribution in [0.3, 0.4) is 0 Å². The van der Waals surface area contributed by atoms with Gasteiger partial charge in [-0.05, 0) is 25.0 Å². The summed E-state index contributed by atoms with van der Waals surface area (Å²) in [6, 6.07) is 0. The molecular weight excluding hydrogens is 336 g/mol. The lowest BCUT2D eigenvalue weighted by Gasteiger charge is -2.15. The summed E-state index contributed by atoms with van der Waals surface area (Å²) in [5.74, 6) is -1.07. The highest BCUT2D eigenvalue weighted by molar-refractivity contribution is 8.22. The first-order valence-corrected chi connectivity index (χ1v) is 10.2. The normalized spacial score (nSPS) is 9.70. The van der Waals surface area contributed by atoms with Gasteiger partial charge in [-0.3, -0.25) is 0 Å². The maximum atomic E-state index is 12.1. The molecule has 0 saturated heterocycles. The maximum Gasteiger partial charge on any atom is 0.340 e. The summed E-state index contributed by atoms with van der Waals surface area (Å²) in [5.41, 5.74) is 0.524. The van der Waals surface area contributed by atoms with Crippen molar-refractivity contribution in [3.63, 3.8) is 0 Å². The Morgan fingerprint density at radius 2 is 0.900 bits per heavy atom. The van der Waals surface area contributed by atoms with Crippen LogP contribution in [0.25, 0.3) is 0 Å². The first kappa shape index (κ1) is 19.8. The van der Waals surface area contributed by atoms with Crippen molar-refractivity contribution >= 4 is 59.0 Å². The van der Waals surface area contributed by atoms with Gasteiger partial charge in [0.25, 0.3) is 0 Å². The number of hydrogen-bond acceptors (Lipinski definition) is 8. The molecule has 4 nitrogen and oxygen atoms in total. The van der Waals surface area contributed by atoms with Gasteiger partial charge < -0.3 is 9.47 Å². The first-order valence-electron chi connectivity index (χ1n) is 5.33. The second kappa shape index (κ2) is 10.5. The summed E-state index contributed by atoms with van der Waals surface area (Å²) in [5, 5.41) is 0. The summed E-state index contributed by atoms with van der Waals surface area (Å²) >= 11 is 5.59. The maximum absolute atomic E-state index is 12.1. The monoisotopic (exact) mass is 354 g/mol. The van der Waals surface area contributed by atoms with Crippen molar-refractivity contribution in [2.24, 2.45) is 0 Å². The van der Waals surface area contributed by atoms with Crippen LogP contribution in [0.5, 0.6) is 0 Å². The van der Waals surface area contributed by atoms with Gasteiger partial charge in [-0.15, -0.1) is 47.0 Å². The molecule has 0 aromatic heterocycles. The third-order valence-corrected chi connectivity index (χ3v) is 6.48.